The van der Waals surface area contributed by atoms with Gasteiger partial charge in [0.1, 0.15) is 5.82 Å². The van der Waals surface area contributed by atoms with Gasteiger partial charge < -0.3 is 10.6 Å². The van der Waals surface area contributed by atoms with Gasteiger partial charge in [-0.1, -0.05) is 18.2 Å². The van der Waals surface area contributed by atoms with Crippen LogP contribution in [-0.4, -0.2) is 21.0 Å². The van der Waals surface area contributed by atoms with Gasteiger partial charge >= 0.3 is 0 Å². The van der Waals surface area contributed by atoms with Crippen LogP contribution in [0.3, 0.4) is 0 Å². The zero-order chi connectivity index (χ0) is 17.2. The number of nitrogens with one attached hydrogen (secondary N) is 2. The third-order valence-electron chi connectivity index (χ3n) is 4.33. The van der Waals surface area contributed by atoms with E-state index in [1.165, 1.54) is 24.0 Å². The molecule has 1 fully saturated rings. The predicted octanol–water partition coefficient (Wildman–Crippen LogP) is 4.47. The third kappa shape index (κ3) is 3.60. The summed E-state index contributed by atoms with van der Waals surface area (Å²) in [5, 5.41) is 6.87. The number of nitrogens with zero attached hydrogens (tertiary/aromatic N) is 3. The second-order valence-corrected chi connectivity index (χ2v) is 6.51. The lowest BCUT2D eigenvalue weighted by Crippen LogP contribution is -2.08. The Balaban J connectivity index is 1.73. The zero-order valence-electron chi connectivity index (χ0n) is 14.5. The van der Waals surface area contributed by atoms with Crippen molar-refractivity contribution in [3.05, 3.63) is 59.9 Å². The summed E-state index contributed by atoms with van der Waals surface area (Å²) in [6, 6.07) is 12.7. The first-order valence-electron chi connectivity index (χ1n) is 8.58. The molecule has 25 heavy (non-hydrogen) atoms. The Hall–Kier alpha value is -2.95. The summed E-state index contributed by atoms with van der Waals surface area (Å²) < 4.78 is 0. The van der Waals surface area contributed by atoms with E-state index >= 15 is 0 Å². The smallest absolute Gasteiger partial charge is 0.225 e. The molecule has 0 bridgehead atoms. The SMILES string of the molecule is Cc1cccc(C)c1Nc1cc(-c2cccnc2)nc(NC2CC2)n1. The quantitative estimate of drug-likeness (QED) is 0.722. The van der Waals surface area contributed by atoms with Crippen molar-refractivity contribution in [1.29, 1.82) is 0 Å². The van der Waals surface area contributed by atoms with Crippen molar-refractivity contribution < 1.29 is 0 Å². The molecule has 1 aliphatic carbocycles. The predicted molar refractivity (Wildman–Crippen MR) is 101 cm³/mol. The van der Waals surface area contributed by atoms with Crippen molar-refractivity contribution in [2.75, 3.05) is 10.6 Å². The molecule has 1 saturated carbocycles. The van der Waals surface area contributed by atoms with Gasteiger partial charge in [-0.15, -0.1) is 0 Å². The maximum atomic E-state index is 4.67. The van der Waals surface area contributed by atoms with Gasteiger partial charge in [0.2, 0.25) is 5.95 Å². The molecular formula is C20H21N5. The summed E-state index contributed by atoms with van der Waals surface area (Å²) in [6.45, 7) is 4.20. The van der Waals surface area contributed by atoms with E-state index in [9.17, 15) is 0 Å². The fourth-order valence-electron chi connectivity index (χ4n) is 2.79. The van der Waals surface area contributed by atoms with E-state index in [4.69, 9.17) is 0 Å². The van der Waals surface area contributed by atoms with Gasteiger partial charge in [-0.05, 0) is 49.9 Å². The molecule has 1 aromatic carbocycles. The van der Waals surface area contributed by atoms with Crippen molar-refractivity contribution >= 4 is 17.5 Å². The summed E-state index contributed by atoms with van der Waals surface area (Å²) in [6.07, 6.45) is 5.95. The summed E-state index contributed by atoms with van der Waals surface area (Å²) in [4.78, 5) is 13.5. The van der Waals surface area contributed by atoms with Crippen LogP contribution in [0.2, 0.25) is 0 Å². The molecule has 126 valence electrons. The molecule has 0 radical (unpaired) electrons. The van der Waals surface area contributed by atoms with Crippen molar-refractivity contribution in [2.24, 2.45) is 0 Å². The number of hydrogen-bond acceptors (Lipinski definition) is 5. The largest absolute Gasteiger partial charge is 0.351 e. The minimum atomic E-state index is 0.497. The van der Waals surface area contributed by atoms with Crippen molar-refractivity contribution in [2.45, 2.75) is 32.7 Å². The molecule has 0 saturated heterocycles. The molecule has 1 aliphatic rings. The van der Waals surface area contributed by atoms with Crippen LogP contribution in [0.15, 0.2) is 48.8 Å². The molecule has 4 rings (SSSR count). The lowest BCUT2D eigenvalue weighted by Gasteiger charge is -2.14. The maximum absolute atomic E-state index is 4.67. The van der Waals surface area contributed by atoms with E-state index in [2.05, 4.69) is 57.6 Å². The van der Waals surface area contributed by atoms with Crippen LogP contribution in [0.1, 0.15) is 24.0 Å². The molecule has 0 aliphatic heterocycles. The second-order valence-electron chi connectivity index (χ2n) is 6.51. The Bertz CT molecular complexity index is 868. The molecule has 5 nitrogen and oxygen atoms in total. The molecule has 5 heteroatoms. The fourth-order valence-corrected chi connectivity index (χ4v) is 2.79. The van der Waals surface area contributed by atoms with Crippen LogP contribution >= 0.6 is 0 Å². The highest BCUT2D eigenvalue weighted by Crippen LogP contribution is 2.29. The normalized spacial score (nSPS) is 13.5. The van der Waals surface area contributed by atoms with Crippen LogP contribution < -0.4 is 10.6 Å². The summed E-state index contributed by atoms with van der Waals surface area (Å²) in [5.41, 5.74) is 5.32. The number of anilines is 3. The van der Waals surface area contributed by atoms with Gasteiger partial charge in [0.15, 0.2) is 0 Å². The lowest BCUT2D eigenvalue weighted by atomic mass is 10.1. The van der Waals surface area contributed by atoms with Gasteiger partial charge in [0.05, 0.1) is 5.69 Å². The molecule has 3 aromatic rings. The Morgan fingerprint density at radius 2 is 1.80 bits per heavy atom. The molecule has 0 spiro atoms. The maximum Gasteiger partial charge on any atom is 0.225 e. The van der Waals surface area contributed by atoms with E-state index in [0.29, 0.717) is 12.0 Å². The Morgan fingerprint density at radius 3 is 2.48 bits per heavy atom. The highest BCUT2D eigenvalue weighted by Gasteiger charge is 2.22. The highest BCUT2D eigenvalue weighted by atomic mass is 15.2. The molecule has 0 unspecified atom stereocenters. The number of benzene rings is 1. The standard InChI is InChI=1S/C20H21N5/c1-13-5-3-6-14(2)19(13)24-18-11-17(15-7-4-10-21-12-15)23-20(25-18)22-16-8-9-16/h3-7,10-12,16H,8-9H2,1-2H3,(H2,22,23,24,25). The van der Waals surface area contributed by atoms with Gasteiger partial charge in [-0.25, -0.2) is 4.98 Å². The molecule has 0 amide bonds. The first kappa shape index (κ1) is 15.6. The van der Waals surface area contributed by atoms with Crippen LogP contribution in [0.5, 0.6) is 0 Å². The molecule has 2 aromatic heterocycles. The number of para-hydroxylation sites is 1. The van der Waals surface area contributed by atoms with Gasteiger partial charge in [0.25, 0.3) is 0 Å². The number of hydrogen-bond donors (Lipinski definition) is 2. The van der Waals surface area contributed by atoms with E-state index in [0.717, 1.165) is 22.8 Å². The fraction of sp³-hybridized carbons (Fsp3) is 0.250. The van der Waals surface area contributed by atoms with E-state index in [1.807, 2.05) is 24.4 Å². The monoisotopic (exact) mass is 331 g/mol. The summed E-state index contributed by atoms with van der Waals surface area (Å²) >= 11 is 0. The van der Waals surface area contributed by atoms with Crippen molar-refractivity contribution in [1.82, 2.24) is 15.0 Å². The van der Waals surface area contributed by atoms with Crippen LogP contribution in [0.4, 0.5) is 17.5 Å². The van der Waals surface area contributed by atoms with Gasteiger partial charge in [0, 0.05) is 35.8 Å². The topological polar surface area (TPSA) is 62.7 Å². The van der Waals surface area contributed by atoms with E-state index in [1.54, 1.807) is 6.20 Å². The zero-order valence-corrected chi connectivity index (χ0v) is 14.5. The highest BCUT2D eigenvalue weighted by molar-refractivity contribution is 5.69. The van der Waals surface area contributed by atoms with Crippen LogP contribution in [-0.2, 0) is 0 Å². The lowest BCUT2D eigenvalue weighted by molar-refractivity contribution is 1.06. The molecule has 2 N–H and O–H groups in total. The average molecular weight is 331 g/mol. The van der Waals surface area contributed by atoms with Crippen LogP contribution in [0, 0.1) is 13.8 Å². The number of pyridine rings is 1. The third-order valence-corrected chi connectivity index (χ3v) is 4.33. The average Bonchev–Trinajstić information content (AvgIpc) is 3.43. The Kier molecular flexibility index (Phi) is 4.06. The molecule has 0 atom stereocenters. The Labute approximate surface area is 147 Å². The minimum absolute atomic E-state index is 0.497. The minimum Gasteiger partial charge on any atom is -0.351 e. The van der Waals surface area contributed by atoms with Gasteiger partial charge in [-0.3, -0.25) is 4.98 Å². The second kappa shape index (κ2) is 6.51. The van der Waals surface area contributed by atoms with Crippen molar-refractivity contribution in [3.8, 4) is 11.3 Å². The first-order chi connectivity index (χ1) is 12.2. The summed E-state index contributed by atoms with van der Waals surface area (Å²) in [5.74, 6) is 1.45. The first-order valence-corrected chi connectivity index (χ1v) is 8.58. The number of rotatable bonds is 5. The Morgan fingerprint density at radius 1 is 1.00 bits per heavy atom. The number of aryl methyl sites for hydroxylation is 2. The number of aromatic nitrogens is 3. The summed E-state index contributed by atoms with van der Waals surface area (Å²) in [7, 11) is 0. The van der Waals surface area contributed by atoms with Crippen LogP contribution in [0.25, 0.3) is 11.3 Å². The van der Waals surface area contributed by atoms with Gasteiger partial charge in [-0.2, -0.15) is 4.98 Å². The van der Waals surface area contributed by atoms with E-state index in [-0.39, 0.29) is 0 Å². The van der Waals surface area contributed by atoms with E-state index < -0.39 is 0 Å². The molecular weight excluding hydrogens is 310 g/mol. The van der Waals surface area contributed by atoms with Crippen molar-refractivity contribution in [3.63, 3.8) is 0 Å². The molecule has 2 heterocycles.